The van der Waals surface area contributed by atoms with Crippen molar-refractivity contribution in [2.24, 2.45) is 5.92 Å². The Morgan fingerprint density at radius 3 is 2.67 bits per heavy atom. The SMILES string of the molecule is COCCN(C)CC(C)C(=O)O. The van der Waals surface area contributed by atoms with Gasteiger partial charge in [0, 0.05) is 20.2 Å². The average molecular weight is 175 g/mol. The lowest BCUT2D eigenvalue weighted by atomic mass is 10.2. The Bertz CT molecular complexity index is 138. The lowest BCUT2D eigenvalue weighted by Crippen LogP contribution is -2.30. The average Bonchev–Trinajstić information content (AvgIpc) is 2.00. The first-order valence-corrected chi connectivity index (χ1v) is 3.98. The molecule has 0 aliphatic carbocycles. The standard InChI is InChI=1S/C8H17NO3/c1-7(8(10)11)6-9(2)4-5-12-3/h7H,4-6H2,1-3H3,(H,10,11). The molecule has 0 amide bonds. The monoisotopic (exact) mass is 175 g/mol. The highest BCUT2D eigenvalue weighted by molar-refractivity contribution is 5.69. The van der Waals surface area contributed by atoms with E-state index in [-0.39, 0.29) is 5.92 Å². The van der Waals surface area contributed by atoms with Crippen LogP contribution in [0.5, 0.6) is 0 Å². The molecule has 0 saturated heterocycles. The number of aliphatic carboxylic acids is 1. The molecular weight excluding hydrogens is 158 g/mol. The van der Waals surface area contributed by atoms with Crippen LogP contribution in [-0.4, -0.2) is 49.8 Å². The van der Waals surface area contributed by atoms with Crippen molar-refractivity contribution in [1.82, 2.24) is 4.90 Å². The van der Waals surface area contributed by atoms with E-state index < -0.39 is 5.97 Å². The smallest absolute Gasteiger partial charge is 0.307 e. The second kappa shape index (κ2) is 5.97. The highest BCUT2D eigenvalue weighted by atomic mass is 16.5. The summed E-state index contributed by atoms with van der Waals surface area (Å²) in [4.78, 5) is 12.4. The van der Waals surface area contributed by atoms with Crippen LogP contribution >= 0.6 is 0 Å². The van der Waals surface area contributed by atoms with Gasteiger partial charge >= 0.3 is 5.97 Å². The summed E-state index contributed by atoms with van der Waals surface area (Å²) in [5.74, 6) is -1.06. The fraction of sp³-hybridized carbons (Fsp3) is 0.875. The number of likely N-dealkylation sites (N-methyl/N-ethyl adjacent to an activating group) is 1. The fourth-order valence-corrected chi connectivity index (χ4v) is 0.884. The van der Waals surface area contributed by atoms with Crippen LogP contribution in [0.1, 0.15) is 6.92 Å². The van der Waals surface area contributed by atoms with Gasteiger partial charge in [0.2, 0.25) is 0 Å². The summed E-state index contributed by atoms with van der Waals surface area (Å²) in [5, 5.41) is 8.60. The van der Waals surface area contributed by atoms with Gasteiger partial charge in [-0.25, -0.2) is 0 Å². The van der Waals surface area contributed by atoms with E-state index in [4.69, 9.17) is 9.84 Å². The number of hydrogen-bond acceptors (Lipinski definition) is 3. The van der Waals surface area contributed by atoms with Crippen molar-refractivity contribution < 1.29 is 14.6 Å². The van der Waals surface area contributed by atoms with Gasteiger partial charge in [0.15, 0.2) is 0 Å². The number of nitrogens with zero attached hydrogens (tertiary/aromatic N) is 1. The first kappa shape index (κ1) is 11.4. The molecule has 0 saturated carbocycles. The zero-order chi connectivity index (χ0) is 9.56. The van der Waals surface area contributed by atoms with Gasteiger partial charge in [-0.15, -0.1) is 0 Å². The molecule has 4 nitrogen and oxygen atoms in total. The van der Waals surface area contributed by atoms with Gasteiger partial charge in [0.1, 0.15) is 0 Å². The lowest BCUT2D eigenvalue weighted by molar-refractivity contribution is -0.141. The Balaban J connectivity index is 3.53. The summed E-state index contributed by atoms with van der Waals surface area (Å²) in [5.41, 5.74) is 0. The fourth-order valence-electron chi connectivity index (χ4n) is 0.884. The van der Waals surface area contributed by atoms with E-state index in [0.717, 1.165) is 6.54 Å². The van der Waals surface area contributed by atoms with Gasteiger partial charge in [0.25, 0.3) is 0 Å². The molecule has 0 aromatic rings. The van der Waals surface area contributed by atoms with Crippen molar-refractivity contribution in [3.63, 3.8) is 0 Å². The molecule has 0 bridgehead atoms. The van der Waals surface area contributed by atoms with E-state index >= 15 is 0 Å². The molecule has 1 atom stereocenters. The largest absolute Gasteiger partial charge is 0.481 e. The molecule has 1 unspecified atom stereocenters. The lowest BCUT2D eigenvalue weighted by Gasteiger charge is -2.17. The van der Waals surface area contributed by atoms with Crippen molar-refractivity contribution >= 4 is 5.97 Å². The van der Waals surface area contributed by atoms with Crippen LogP contribution in [-0.2, 0) is 9.53 Å². The zero-order valence-corrected chi connectivity index (χ0v) is 7.91. The van der Waals surface area contributed by atoms with Crippen LogP contribution in [0, 0.1) is 5.92 Å². The molecular formula is C8H17NO3. The number of rotatable bonds is 6. The molecule has 0 rings (SSSR count). The Hall–Kier alpha value is -0.610. The molecule has 72 valence electrons. The molecule has 0 aliphatic heterocycles. The van der Waals surface area contributed by atoms with Gasteiger partial charge < -0.3 is 14.7 Å². The molecule has 0 aromatic carbocycles. The van der Waals surface area contributed by atoms with Gasteiger partial charge in [0.05, 0.1) is 12.5 Å². The zero-order valence-electron chi connectivity index (χ0n) is 7.91. The molecule has 4 heteroatoms. The van der Waals surface area contributed by atoms with Crippen LogP contribution < -0.4 is 0 Å². The van der Waals surface area contributed by atoms with E-state index in [0.29, 0.717) is 13.2 Å². The first-order chi connectivity index (χ1) is 5.57. The van der Waals surface area contributed by atoms with E-state index in [1.54, 1.807) is 14.0 Å². The van der Waals surface area contributed by atoms with Gasteiger partial charge in [-0.2, -0.15) is 0 Å². The Morgan fingerprint density at radius 1 is 1.67 bits per heavy atom. The Morgan fingerprint density at radius 2 is 2.25 bits per heavy atom. The summed E-state index contributed by atoms with van der Waals surface area (Å²) in [6.45, 7) is 3.68. The predicted octanol–water partition coefficient (Wildman–Crippen LogP) is 0.285. The summed E-state index contributed by atoms with van der Waals surface area (Å²) in [7, 11) is 3.52. The minimum Gasteiger partial charge on any atom is -0.481 e. The Labute approximate surface area is 73.1 Å². The van der Waals surface area contributed by atoms with Crippen molar-refractivity contribution in [2.75, 3.05) is 33.9 Å². The highest BCUT2D eigenvalue weighted by Gasteiger charge is 2.12. The van der Waals surface area contributed by atoms with E-state index in [1.165, 1.54) is 0 Å². The molecule has 0 radical (unpaired) electrons. The van der Waals surface area contributed by atoms with E-state index in [1.807, 2.05) is 11.9 Å². The molecule has 12 heavy (non-hydrogen) atoms. The third-order valence-electron chi connectivity index (χ3n) is 1.68. The number of ether oxygens (including phenoxy) is 1. The third kappa shape index (κ3) is 5.09. The normalized spacial score (nSPS) is 13.3. The highest BCUT2D eigenvalue weighted by Crippen LogP contribution is 1.97. The second-order valence-electron chi connectivity index (χ2n) is 2.99. The van der Waals surface area contributed by atoms with Gasteiger partial charge in [-0.05, 0) is 7.05 Å². The molecule has 0 heterocycles. The van der Waals surface area contributed by atoms with Crippen LogP contribution in [0.25, 0.3) is 0 Å². The third-order valence-corrected chi connectivity index (χ3v) is 1.68. The predicted molar refractivity (Wildman–Crippen MR) is 46.2 cm³/mol. The number of carboxylic acid groups (broad SMARTS) is 1. The maximum atomic E-state index is 10.5. The second-order valence-corrected chi connectivity index (χ2v) is 2.99. The van der Waals surface area contributed by atoms with Crippen molar-refractivity contribution in [3.05, 3.63) is 0 Å². The summed E-state index contributed by atoms with van der Waals surface area (Å²) in [6, 6.07) is 0. The minimum absolute atomic E-state index is 0.313. The van der Waals surface area contributed by atoms with Crippen molar-refractivity contribution in [3.8, 4) is 0 Å². The molecule has 0 aliphatic rings. The molecule has 1 N–H and O–H groups in total. The van der Waals surface area contributed by atoms with Gasteiger partial charge in [-0.1, -0.05) is 6.92 Å². The first-order valence-electron chi connectivity index (χ1n) is 3.98. The maximum absolute atomic E-state index is 10.5. The molecule has 0 fully saturated rings. The quantitative estimate of drug-likeness (QED) is 0.630. The number of hydrogen-bond donors (Lipinski definition) is 1. The summed E-state index contributed by atoms with van der Waals surface area (Å²) >= 11 is 0. The topological polar surface area (TPSA) is 49.8 Å². The molecule has 0 aromatic heterocycles. The van der Waals surface area contributed by atoms with Crippen LogP contribution in [0.3, 0.4) is 0 Å². The van der Waals surface area contributed by atoms with Crippen LogP contribution in [0.15, 0.2) is 0 Å². The maximum Gasteiger partial charge on any atom is 0.307 e. The Kier molecular flexibility index (Phi) is 5.66. The number of carboxylic acids is 1. The summed E-state index contributed by atoms with van der Waals surface area (Å²) in [6.07, 6.45) is 0. The molecule has 0 spiro atoms. The summed E-state index contributed by atoms with van der Waals surface area (Å²) < 4.78 is 4.87. The van der Waals surface area contributed by atoms with Crippen molar-refractivity contribution in [2.45, 2.75) is 6.92 Å². The minimum atomic E-state index is -0.751. The van der Waals surface area contributed by atoms with Gasteiger partial charge in [-0.3, -0.25) is 4.79 Å². The number of methoxy groups -OCH3 is 1. The number of carbonyl (C=O) groups is 1. The van der Waals surface area contributed by atoms with E-state index in [9.17, 15) is 4.79 Å². The van der Waals surface area contributed by atoms with Crippen LogP contribution in [0.2, 0.25) is 0 Å². The van der Waals surface area contributed by atoms with E-state index in [2.05, 4.69) is 0 Å². The van der Waals surface area contributed by atoms with Crippen molar-refractivity contribution in [1.29, 1.82) is 0 Å². The van der Waals surface area contributed by atoms with Crippen LogP contribution in [0.4, 0.5) is 0 Å².